The first-order valence-corrected chi connectivity index (χ1v) is 20.7. The number of rotatable bonds is 6. The second-order valence-corrected chi connectivity index (χ2v) is 18.0. The molecule has 59 heavy (non-hydrogen) atoms. The number of aromatic nitrogens is 1. The standard InChI is InChI=1S/C56H48N2O/c1-55(2,3)41-23-27-51-47(32-41)48-33-42(56(4,5)6)24-28-52(48)58(51)44-30-39(37-17-11-8-12-18-37)29-40(31-44)46-35-54-49(45-19-13-14-20-53(45)59-54)34-50(46)57-43-25-21-38(22-26-43)36-15-9-7-10-16-36/h7-35,57H,1-6H3. The molecule has 10 aromatic rings. The van der Waals surface area contributed by atoms with Gasteiger partial charge in [0.25, 0.3) is 0 Å². The van der Waals surface area contributed by atoms with Crippen LogP contribution >= 0.6 is 0 Å². The van der Waals surface area contributed by atoms with Crippen LogP contribution in [-0.4, -0.2) is 4.57 Å². The van der Waals surface area contributed by atoms with Gasteiger partial charge in [0.15, 0.2) is 0 Å². The zero-order chi connectivity index (χ0) is 40.5. The van der Waals surface area contributed by atoms with Crippen molar-refractivity contribution < 1.29 is 4.42 Å². The van der Waals surface area contributed by atoms with E-state index in [9.17, 15) is 0 Å². The molecule has 2 aromatic heterocycles. The molecule has 0 spiro atoms. The van der Waals surface area contributed by atoms with E-state index in [4.69, 9.17) is 4.42 Å². The molecule has 0 aliphatic rings. The van der Waals surface area contributed by atoms with E-state index in [1.807, 2.05) is 6.07 Å². The highest BCUT2D eigenvalue weighted by atomic mass is 16.3. The SMILES string of the molecule is CC(C)(C)c1ccc2c(c1)c1cc(C(C)(C)C)ccc1n2-c1cc(-c2ccccc2)cc(-c2cc3oc4ccccc4c3cc2Nc2ccc(-c3ccccc3)cc2)c1. The van der Waals surface area contributed by atoms with E-state index in [2.05, 4.69) is 221 Å². The van der Waals surface area contributed by atoms with Gasteiger partial charge < -0.3 is 14.3 Å². The number of hydrogen-bond acceptors (Lipinski definition) is 2. The van der Waals surface area contributed by atoms with Crippen molar-refractivity contribution in [3.63, 3.8) is 0 Å². The number of hydrogen-bond donors (Lipinski definition) is 1. The fourth-order valence-electron chi connectivity index (χ4n) is 8.57. The second-order valence-electron chi connectivity index (χ2n) is 18.0. The Kier molecular flexibility index (Phi) is 8.61. The predicted octanol–water partition coefficient (Wildman–Crippen LogP) is 16.0. The van der Waals surface area contributed by atoms with E-state index in [1.54, 1.807) is 0 Å². The van der Waals surface area contributed by atoms with E-state index in [1.165, 1.54) is 44.1 Å². The zero-order valence-electron chi connectivity index (χ0n) is 34.6. The molecule has 3 nitrogen and oxygen atoms in total. The van der Waals surface area contributed by atoms with Crippen molar-refractivity contribution in [2.75, 3.05) is 5.32 Å². The molecule has 0 saturated carbocycles. The normalized spacial score (nSPS) is 12.2. The molecule has 0 saturated heterocycles. The Morgan fingerprint density at radius 1 is 0.407 bits per heavy atom. The maximum absolute atomic E-state index is 6.56. The molecule has 1 N–H and O–H groups in total. The number of benzene rings is 8. The van der Waals surface area contributed by atoms with Gasteiger partial charge in [-0.3, -0.25) is 0 Å². The maximum Gasteiger partial charge on any atom is 0.136 e. The Hall–Kier alpha value is -6.84. The van der Waals surface area contributed by atoms with Crippen LogP contribution in [-0.2, 0) is 10.8 Å². The Morgan fingerprint density at radius 3 is 1.56 bits per heavy atom. The lowest BCUT2D eigenvalue weighted by molar-refractivity contribution is 0.590. The van der Waals surface area contributed by atoms with Gasteiger partial charge in [-0.2, -0.15) is 0 Å². The summed E-state index contributed by atoms with van der Waals surface area (Å²) in [6, 6.07) is 63.9. The van der Waals surface area contributed by atoms with Crippen molar-refractivity contribution >= 4 is 55.1 Å². The molecule has 3 heteroatoms. The minimum absolute atomic E-state index is 0.0191. The minimum atomic E-state index is 0.0191. The second kappa shape index (κ2) is 13.9. The number of nitrogens with zero attached hydrogens (tertiary/aromatic N) is 1. The van der Waals surface area contributed by atoms with Crippen molar-refractivity contribution in [3.05, 3.63) is 187 Å². The highest BCUT2D eigenvalue weighted by Gasteiger charge is 2.22. The van der Waals surface area contributed by atoms with Crippen LogP contribution in [0.15, 0.2) is 180 Å². The summed E-state index contributed by atoms with van der Waals surface area (Å²) in [6.07, 6.45) is 0. The first-order chi connectivity index (χ1) is 28.5. The number of fused-ring (bicyclic) bond motifs is 6. The first-order valence-electron chi connectivity index (χ1n) is 20.7. The number of nitrogens with one attached hydrogen (secondary N) is 1. The van der Waals surface area contributed by atoms with Gasteiger partial charge >= 0.3 is 0 Å². The maximum atomic E-state index is 6.56. The summed E-state index contributed by atoms with van der Waals surface area (Å²) in [5.41, 5.74) is 16.8. The van der Waals surface area contributed by atoms with Crippen LogP contribution in [0.1, 0.15) is 52.7 Å². The van der Waals surface area contributed by atoms with Crippen LogP contribution in [0, 0.1) is 0 Å². The van der Waals surface area contributed by atoms with Crippen LogP contribution in [0.2, 0.25) is 0 Å². The molecule has 0 aliphatic heterocycles. The lowest BCUT2D eigenvalue weighted by Gasteiger charge is -2.19. The highest BCUT2D eigenvalue weighted by molar-refractivity contribution is 6.11. The average Bonchev–Trinajstić information content (AvgIpc) is 3.78. The number of anilines is 2. The Morgan fingerprint density at radius 2 is 0.949 bits per heavy atom. The van der Waals surface area contributed by atoms with Crippen LogP contribution < -0.4 is 5.32 Å². The monoisotopic (exact) mass is 764 g/mol. The molecule has 288 valence electrons. The molecule has 0 bridgehead atoms. The first kappa shape index (κ1) is 36.5. The Balaban J connectivity index is 1.22. The minimum Gasteiger partial charge on any atom is -0.456 e. The fraction of sp³-hybridized carbons (Fsp3) is 0.143. The van der Waals surface area contributed by atoms with Gasteiger partial charge in [0, 0.05) is 44.2 Å². The van der Waals surface area contributed by atoms with Crippen molar-refractivity contribution in [1.29, 1.82) is 0 Å². The highest BCUT2D eigenvalue weighted by Crippen LogP contribution is 2.43. The van der Waals surface area contributed by atoms with E-state index in [0.29, 0.717) is 0 Å². The lowest BCUT2D eigenvalue weighted by atomic mass is 9.85. The molecule has 10 rings (SSSR count). The van der Waals surface area contributed by atoms with Crippen LogP contribution in [0.3, 0.4) is 0 Å². The van der Waals surface area contributed by atoms with Gasteiger partial charge in [-0.05, 0) is 123 Å². The molecule has 0 radical (unpaired) electrons. The summed E-state index contributed by atoms with van der Waals surface area (Å²) in [4.78, 5) is 0. The summed E-state index contributed by atoms with van der Waals surface area (Å²) in [7, 11) is 0. The predicted molar refractivity (Wildman–Crippen MR) is 251 cm³/mol. The summed E-state index contributed by atoms with van der Waals surface area (Å²) in [5.74, 6) is 0. The Labute approximate surface area is 346 Å². The molecule has 0 atom stereocenters. The van der Waals surface area contributed by atoms with Gasteiger partial charge in [-0.15, -0.1) is 0 Å². The molecule has 0 fully saturated rings. The van der Waals surface area contributed by atoms with Crippen molar-refractivity contribution in [2.24, 2.45) is 0 Å². The van der Waals surface area contributed by atoms with Crippen molar-refractivity contribution in [3.8, 4) is 39.1 Å². The number of furan rings is 1. The lowest BCUT2D eigenvalue weighted by Crippen LogP contribution is -2.10. The zero-order valence-corrected chi connectivity index (χ0v) is 34.6. The van der Waals surface area contributed by atoms with Crippen LogP contribution in [0.4, 0.5) is 11.4 Å². The summed E-state index contributed by atoms with van der Waals surface area (Å²) in [6.45, 7) is 13.8. The third-order valence-electron chi connectivity index (χ3n) is 11.9. The van der Waals surface area contributed by atoms with Gasteiger partial charge in [0.05, 0.1) is 11.0 Å². The Bertz CT molecular complexity index is 3100. The summed E-state index contributed by atoms with van der Waals surface area (Å²) < 4.78 is 9.03. The number of para-hydroxylation sites is 1. The summed E-state index contributed by atoms with van der Waals surface area (Å²) in [5, 5.41) is 8.59. The molecular weight excluding hydrogens is 717 g/mol. The van der Waals surface area contributed by atoms with Crippen LogP contribution in [0.5, 0.6) is 0 Å². The van der Waals surface area contributed by atoms with E-state index >= 15 is 0 Å². The average molecular weight is 765 g/mol. The van der Waals surface area contributed by atoms with E-state index in [-0.39, 0.29) is 10.8 Å². The van der Waals surface area contributed by atoms with Gasteiger partial charge in [0.2, 0.25) is 0 Å². The third-order valence-corrected chi connectivity index (χ3v) is 11.9. The van der Waals surface area contributed by atoms with Gasteiger partial charge in [0.1, 0.15) is 11.2 Å². The smallest absolute Gasteiger partial charge is 0.136 e. The topological polar surface area (TPSA) is 30.1 Å². The van der Waals surface area contributed by atoms with Crippen LogP contribution in [0.25, 0.3) is 82.8 Å². The fourth-order valence-corrected chi connectivity index (χ4v) is 8.57. The molecule has 0 aliphatic carbocycles. The van der Waals surface area contributed by atoms with Crippen molar-refractivity contribution in [1.82, 2.24) is 4.57 Å². The summed E-state index contributed by atoms with van der Waals surface area (Å²) >= 11 is 0. The van der Waals surface area contributed by atoms with Gasteiger partial charge in [-0.1, -0.05) is 145 Å². The van der Waals surface area contributed by atoms with E-state index < -0.39 is 0 Å². The van der Waals surface area contributed by atoms with E-state index in [0.717, 1.165) is 61.3 Å². The third kappa shape index (κ3) is 6.67. The van der Waals surface area contributed by atoms with Crippen molar-refractivity contribution in [2.45, 2.75) is 52.4 Å². The molecule has 0 amide bonds. The molecular formula is C56H48N2O. The molecule has 8 aromatic carbocycles. The quantitative estimate of drug-likeness (QED) is 0.183. The van der Waals surface area contributed by atoms with Gasteiger partial charge in [-0.25, -0.2) is 0 Å². The molecule has 2 heterocycles. The molecule has 0 unspecified atom stereocenters. The largest absolute Gasteiger partial charge is 0.456 e.